The van der Waals surface area contributed by atoms with E-state index in [1.165, 1.54) is 6.33 Å². The fourth-order valence-electron chi connectivity index (χ4n) is 1.68. The fraction of sp³-hybridized carbons (Fsp3) is 0. The summed E-state index contributed by atoms with van der Waals surface area (Å²) in [6, 6.07) is 7.42. The maximum Gasteiger partial charge on any atom is 0.231 e. The summed E-state index contributed by atoms with van der Waals surface area (Å²) in [6.07, 6.45) is 2.99. The lowest BCUT2D eigenvalue weighted by Gasteiger charge is -1.99. The standard InChI is InChI=1S/C12H6Cl2N2O/c13-8-3-1-7(2-4-8)9-5-17-12-10(9)11(14)15-6-16-12/h1-6H. The van der Waals surface area contributed by atoms with Crippen molar-refractivity contribution in [1.82, 2.24) is 9.97 Å². The third kappa shape index (κ3) is 1.77. The number of furan rings is 1. The van der Waals surface area contributed by atoms with Gasteiger partial charge in [0.2, 0.25) is 5.71 Å². The van der Waals surface area contributed by atoms with Gasteiger partial charge in [-0.15, -0.1) is 0 Å². The second kappa shape index (κ2) is 4.02. The van der Waals surface area contributed by atoms with Crippen molar-refractivity contribution >= 4 is 34.3 Å². The molecule has 17 heavy (non-hydrogen) atoms. The van der Waals surface area contributed by atoms with E-state index in [9.17, 15) is 0 Å². The smallest absolute Gasteiger partial charge is 0.231 e. The molecule has 2 heterocycles. The minimum absolute atomic E-state index is 0.383. The van der Waals surface area contributed by atoms with Gasteiger partial charge in [-0.2, -0.15) is 0 Å². The fourth-order valence-corrected chi connectivity index (χ4v) is 2.03. The number of hydrogen-bond donors (Lipinski definition) is 0. The quantitative estimate of drug-likeness (QED) is 0.619. The molecule has 3 aromatic rings. The van der Waals surface area contributed by atoms with Crippen molar-refractivity contribution in [2.45, 2.75) is 0 Å². The molecule has 0 atom stereocenters. The van der Waals surface area contributed by atoms with Crippen molar-refractivity contribution in [2.75, 3.05) is 0 Å². The Morgan fingerprint density at radius 2 is 1.76 bits per heavy atom. The normalized spacial score (nSPS) is 10.9. The molecule has 84 valence electrons. The zero-order valence-electron chi connectivity index (χ0n) is 8.52. The monoisotopic (exact) mass is 264 g/mol. The highest BCUT2D eigenvalue weighted by atomic mass is 35.5. The first-order valence-electron chi connectivity index (χ1n) is 4.89. The van der Waals surface area contributed by atoms with Gasteiger partial charge in [-0.3, -0.25) is 0 Å². The van der Waals surface area contributed by atoms with Crippen LogP contribution in [0.1, 0.15) is 0 Å². The third-order valence-corrected chi connectivity index (χ3v) is 3.02. The van der Waals surface area contributed by atoms with Gasteiger partial charge in [0.1, 0.15) is 17.7 Å². The van der Waals surface area contributed by atoms with Gasteiger partial charge in [-0.05, 0) is 17.7 Å². The van der Waals surface area contributed by atoms with Gasteiger partial charge >= 0.3 is 0 Å². The summed E-state index contributed by atoms with van der Waals surface area (Å²) in [7, 11) is 0. The highest BCUT2D eigenvalue weighted by molar-refractivity contribution is 6.35. The van der Waals surface area contributed by atoms with Crippen molar-refractivity contribution in [2.24, 2.45) is 0 Å². The second-order valence-corrected chi connectivity index (χ2v) is 4.30. The molecule has 2 aromatic heterocycles. The topological polar surface area (TPSA) is 38.9 Å². The van der Waals surface area contributed by atoms with Crippen LogP contribution >= 0.6 is 23.2 Å². The van der Waals surface area contributed by atoms with Crippen LogP contribution in [0.25, 0.3) is 22.2 Å². The molecule has 0 spiro atoms. The van der Waals surface area contributed by atoms with E-state index in [1.807, 2.05) is 24.3 Å². The molecule has 0 amide bonds. The summed E-state index contributed by atoms with van der Waals surface area (Å²) in [5.41, 5.74) is 2.31. The molecule has 0 bridgehead atoms. The summed E-state index contributed by atoms with van der Waals surface area (Å²) in [5, 5.41) is 1.79. The van der Waals surface area contributed by atoms with E-state index in [2.05, 4.69) is 9.97 Å². The minimum Gasteiger partial charge on any atom is -0.445 e. The molecular weight excluding hydrogens is 259 g/mol. The van der Waals surface area contributed by atoms with Gasteiger partial charge in [0.05, 0.1) is 5.39 Å². The van der Waals surface area contributed by atoms with Gasteiger partial charge in [-0.1, -0.05) is 35.3 Å². The van der Waals surface area contributed by atoms with Gasteiger partial charge in [-0.25, -0.2) is 9.97 Å². The van der Waals surface area contributed by atoms with E-state index in [-0.39, 0.29) is 0 Å². The summed E-state index contributed by atoms with van der Waals surface area (Å²) in [6.45, 7) is 0. The molecule has 0 aliphatic heterocycles. The molecule has 3 rings (SSSR count). The largest absolute Gasteiger partial charge is 0.445 e. The number of aromatic nitrogens is 2. The maximum atomic E-state index is 6.05. The molecule has 0 aliphatic rings. The summed E-state index contributed by atoms with van der Waals surface area (Å²) < 4.78 is 5.35. The Kier molecular flexibility index (Phi) is 2.50. The van der Waals surface area contributed by atoms with Crippen molar-refractivity contribution in [1.29, 1.82) is 0 Å². The Hall–Kier alpha value is -1.58. The van der Waals surface area contributed by atoms with Crippen molar-refractivity contribution in [3.63, 3.8) is 0 Å². The average molecular weight is 265 g/mol. The first-order chi connectivity index (χ1) is 8.25. The Morgan fingerprint density at radius 1 is 1.00 bits per heavy atom. The molecule has 1 aromatic carbocycles. The first-order valence-corrected chi connectivity index (χ1v) is 5.65. The van der Waals surface area contributed by atoms with Gasteiger partial charge in [0, 0.05) is 10.6 Å². The van der Waals surface area contributed by atoms with Crippen LogP contribution in [0.15, 0.2) is 41.3 Å². The van der Waals surface area contributed by atoms with Gasteiger partial charge in [0.25, 0.3) is 0 Å². The molecule has 0 unspecified atom stereocenters. The Bertz CT molecular complexity index is 677. The van der Waals surface area contributed by atoms with Crippen LogP contribution < -0.4 is 0 Å². The number of benzene rings is 1. The van der Waals surface area contributed by atoms with Crippen molar-refractivity contribution in [3.8, 4) is 11.1 Å². The van der Waals surface area contributed by atoms with Gasteiger partial charge in [0.15, 0.2) is 0 Å². The van der Waals surface area contributed by atoms with Crippen LogP contribution in [0.4, 0.5) is 0 Å². The predicted molar refractivity (Wildman–Crippen MR) is 67.3 cm³/mol. The van der Waals surface area contributed by atoms with Crippen LogP contribution in [-0.4, -0.2) is 9.97 Å². The predicted octanol–water partition coefficient (Wildman–Crippen LogP) is 4.20. The van der Waals surface area contributed by atoms with E-state index >= 15 is 0 Å². The molecule has 0 radical (unpaired) electrons. The maximum absolute atomic E-state index is 6.05. The van der Waals surface area contributed by atoms with E-state index in [4.69, 9.17) is 27.6 Å². The number of fused-ring (bicyclic) bond motifs is 1. The summed E-state index contributed by atoms with van der Waals surface area (Å²) >= 11 is 11.9. The van der Waals surface area contributed by atoms with E-state index < -0.39 is 0 Å². The van der Waals surface area contributed by atoms with Crippen LogP contribution in [0.5, 0.6) is 0 Å². The number of hydrogen-bond acceptors (Lipinski definition) is 3. The molecule has 0 saturated heterocycles. The average Bonchev–Trinajstić information content (AvgIpc) is 2.75. The lowest BCUT2D eigenvalue weighted by molar-refractivity contribution is 0.603. The van der Waals surface area contributed by atoms with E-state index in [0.29, 0.717) is 15.9 Å². The van der Waals surface area contributed by atoms with Crippen LogP contribution in [-0.2, 0) is 0 Å². The number of rotatable bonds is 1. The molecule has 0 aliphatic carbocycles. The highest BCUT2D eigenvalue weighted by Crippen LogP contribution is 2.33. The Morgan fingerprint density at radius 3 is 2.53 bits per heavy atom. The molecule has 0 N–H and O–H groups in total. The SMILES string of the molecule is Clc1ccc(-c2coc3ncnc(Cl)c23)cc1. The number of nitrogens with zero attached hydrogens (tertiary/aromatic N) is 2. The Balaban J connectivity index is 2.27. The summed E-state index contributed by atoms with van der Waals surface area (Å²) in [4.78, 5) is 7.97. The first kappa shape index (κ1) is 10.6. The van der Waals surface area contributed by atoms with Crippen LogP contribution in [0.3, 0.4) is 0 Å². The van der Waals surface area contributed by atoms with E-state index in [0.717, 1.165) is 16.5 Å². The Labute approximate surface area is 107 Å². The second-order valence-electron chi connectivity index (χ2n) is 3.50. The highest BCUT2D eigenvalue weighted by Gasteiger charge is 2.12. The molecule has 5 heteroatoms. The van der Waals surface area contributed by atoms with Crippen molar-refractivity contribution in [3.05, 3.63) is 47.0 Å². The molecule has 3 nitrogen and oxygen atoms in total. The molecule has 0 fully saturated rings. The van der Waals surface area contributed by atoms with E-state index in [1.54, 1.807) is 6.26 Å². The van der Waals surface area contributed by atoms with Crippen LogP contribution in [0, 0.1) is 0 Å². The number of halogens is 2. The molecular formula is C12H6Cl2N2O. The third-order valence-electron chi connectivity index (χ3n) is 2.48. The minimum atomic E-state index is 0.383. The van der Waals surface area contributed by atoms with Gasteiger partial charge < -0.3 is 4.42 Å². The molecule has 0 saturated carbocycles. The lowest BCUT2D eigenvalue weighted by Crippen LogP contribution is -1.81. The zero-order valence-corrected chi connectivity index (χ0v) is 10.0. The summed E-state index contributed by atoms with van der Waals surface area (Å²) in [5.74, 6) is 0. The zero-order chi connectivity index (χ0) is 11.8. The lowest BCUT2D eigenvalue weighted by atomic mass is 10.1. The van der Waals surface area contributed by atoms with Crippen molar-refractivity contribution < 1.29 is 4.42 Å². The van der Waals surface area contributed by atoms with Crippen LogP contribution in [0.2, 0.25) is 10.2 Å².